The Morgan fingerprint density at radius 2 is 1.92 bits per heavy atom. The number of aryl methyl sites for hydroxylation is 2. The van der Waals surface area contributed by atoms with Crippen LogP contribution in [0.3, 0.4) is 0 Å². The average Bonchev–Trinajstić information content (AvgIpc) is 3.36. The average molecular weight is 355 g/mol. The smallest absolute Gasteiger partial charge is 0.251 e. The van der Waals surface area contributed by atoms with Crippen LogP contribution in [0.4, 0.5) is 0 Å². The van der Waals surface area contributed by atoms with Crippen LogP contribution in [0.15, 0.2) is 18.2 Å². The molecule has 1 aromatic carbocycles. The normalized spacial score (nSPS) is 24.1. The summed E-state index contributed by atoms with van der Waals surface area (Å²) in [6.07, 6.45) is 7.90. The highest BCUT2D eigenvalue weighted by molar-refractivity contribution is 5.94. The summed E-state index contributed by atoms with van der Waals surface area (Å²) >= 11 is 0. The summed E-state index contributed by atoms with van der Waals surface area (Å²) in [6.45, 7) is 1.13. The number of nitrogens with one attached hydrogen (secondary N) is 2. The first kappa shape index (κ1) is 17.5. The van der Waals surface area contributed by atoms with Gasteiger partial charge in [-0.2, -0.15) is 0 Å². The molecule has 5 heteroatoms. The zero-order valence-corrected chi connectivity index (χ0v) is 15.6. The molecule has 0 heterocycles. The van der Waals surface area contributed by atoms with E-state index in [1.807, 2.05) is 13.1 Å². The number of amides is 2. The van der Waals surface area contributed by atoms with E-state index in [0.29, 0.717) is 25.0 Å². The second kappa shape index (κ2) is 7.39. The lowest BCUT2D eigenvalue weighted by Crippen LogP contribution is -2.51. The summed E-state index contributed by atoms with van der Waals surface area (Å²) in [5, 5.41) is 6.21. The Balaban J connectivity index is 1.23. The molecular formula is C21H29N3O2. The number of rotatable bonds is 7. The minimum absolute atomic E-state index is 0.0224. The highest BCUT2D eigenvalue weighted by atomic mass is 16.2. The molecule has 0 radical (unpaired) electrons. The first-order valence-electron chi connectivity index (χ1n) is 10.00. The summed E-state index contributed by atoms with van der Waals surface area (Å²) in [4.78, 5) is 26.7. The molecule has 2 fully saturated rings. The van der Waals surface area contributed by atoms with Crippen LogP contribution in [0.25, 0.3) is 0 Å². The lowest BCUT2D eigenvalue weighted by molar-refractivity contribution is -0.122. The van der Waals surface area contributed by atoms with Gasteiger partial charge in [0.25, 0.3) is 5.91 Å². The van der Waals surface area contributed by atoms with E-state index in [9.17, 15) is 9.59 Å². The van der Waals surface area contributed by atoms with Gasteiger partial charge >= 0.3 is 0 Å². The van der Waals surface area contributed by atoms with Crippen LogP contribution in [0.5, 0.6) is 0 Å². The van der Waals surface area contributed by atoms with E-state index in [2.05, 4.69) is 27.7 Å². The number of likely N-dealkylation sites (N-methyl/N-ethyl adjacent to an activating group) is 1. The van der Waals surface area contributed by atoms with Gasteiger partial charge in [-0.1, -0.05) is 6.07 Å². The highest BCUT2D eigenvalue weighted by Gasteiger charge is 2.33. The van der Waals surface area contributed by atoms with Crippen LogP contribution in [0, 0.1) is 5.92 Å². The molecular weight excluding hydrogens is 326 g/mol. The van der Waals surface area contributed by atoms with E-state index < -0.39 is 0 Å². The maximum atomic E-state index is 12.6. The highest BCUT2D eigenvalue weighted by Crippen LogP contribution is 2.28. The maximum absolute atomic E-state index is 12.6. The Bertz CT molecular complexity index is 698. The molecule has 3 aliphatic rings. The standard InChI is InChI=1S/C21H29N3O2/c1-24(18-8-9-18)13-20(25)22-12-17-7-10-19(17)23-21(26)16-6-5-14-3-2-4-15(14)11-16/h5-6,11,17-19H,2-4,7-10,12-13H2,1H3,(H,22,25)(H,23,26)/t17-,19-/m0/s1. The zero-order chi connectivity index (χ0) is 18.1. The Hall–Kier alpha value is -1.88. The second-order valence-corrected chi connectivity index (χ2v) is 8.20. The largest absolute Gasteiger partial charge is 0.355 e. The molecule has 2 atom stereocenters. The fourth-order valence-electron chi connectivity index (χ4n) is 4.14. The van der Waals surface area contributed by atoms with Crippen molar-refractivity contribution < 1.29 is 9.59 Å². The van der Waals surface area contributed by atoms with E-state index in [1.54, 1.807) is 0 Å². The van der Waals surface area contributed by atoms with E-state index >= 15 is 0 Å². The first-order chi connectivity index (χ1) is 12.6. The Morgan fingerprint density at radius 1 is 1.12 bits per heavy atom. The van der Waals surface area contributed by atoms with Gasteiger partial charge in [-0.3, -0.25) is 14.5 Å². The molecule has 2 N–H and O–H groups in total. The molecule has 26 heavy (non-hydrogen) atoms. The zero-order valence-electron chi connectivity index (χ0n) is 15.6. The fraction of sp³-hybridized carbons (Fsp3) is 0.619. The summed E-state index contributed by atoms with van der Waals surface area (Å²) in [7, 11) is 2.01. The van der Waals surface area contributed by atoms with Crippen molar-refractivity contribution in [3.63, 3.8) is 0 Å². The van der Waals surface area contributed by atoms with Gasteiger partial charge in [-0.05, 0) is 81.2 Å². The number of benzene rings is 1. The molecule has 140 valence electrons. The van der Waals surface area contributed by atoms with Gasteiger partial charge in [-0.25, -0.2) is 0 Å². The molecule has 0 aromatic heterocycles. The Morgan fingerprint density at radius 3 is 2.65 bits per heavy atom. The van der Waals surface area contributed by atoms with Crippen LogP contribution in [0.1, 0.15) is 53.6 Å². The van der Waals surface area contributed by atoms with Crippen LogP contribution >= 0.6 is 0 Å². The number of hydrogen-bond acceptors (Lipinski definition) is 3. The van der Waals surface area contributed by atoms with Gasteiger partial charge in [0.15, 0.2) is 0 Å². The molecule has 0 bridgehead atoms. The van der Waals surface area contributed by atoms with Gasteiger partial charge in [0, 0.05) is 24.2 Å². The number of fused-ring (bicyclic) bond motifs is 1. The molecule has 2 amide bonds. The minimum Gasteiger partial charge on any atom is -0.355 e. The third-order valence-corrected chi connectivity index (χ3v) is 6.22. The van der Waals surface area contributed by atoms with Gasteiger partial charge in [0.2, 0.25) is 5.91 Å². The third kappa shape index (κ3) is 3.93. The van der Waals surface area contributed by atoms with Crippen molar-refractivity contribution in [2.45, 2.75) is 57.0 Å². The van der Waals surface area contributed by atoms with E-state index in [0.717, 1.165) is 31.2 Å². The van der Waals surface area contributed by atoms with Crippen molar-refractivity contribution in [1.82, 2.24) is 15.5 Å². The predicted octanol–water partition coefficient (Wildman–Crippen LogP) is 1.89. The van der Waals surface area contributed by atoms with Crippen molar-refractivity contribution >= 4 is 11.8 Å². The predicted molar refractivity (Wildman–Crippen MR) is 101 cm³/mol. The van der Waals surface area contributed by atoms with Crippen LogP contribution in [-0.4, -0.2) is 48.9 Å². The number of hydrogen-bond donors (Lipinski definition) is 2. The van der Waals surface area contributed by atoms with Crippen molar-refractivity contribution in [3.8, 4) is 0 Å². The quantitative estimate of drug-likeness (QED) is 0.785. The Labute approximate surface area is 155 Å². The lowest BCUT2D eigenvalue weighted by Gasteiger charge is -2.37. The van der Waals surface area contributed by atoms with Crippen molar-refractivity contribution in [2.75, 3.05) is 20.1 Å². The number of carbonyl (C=O) groups excluding carboxylic acids is 2. The number of nitrogens with zero attached hydrogens (tertiary/aromatic N) is 1. The second-order valence-electron chi connectivity index (χ2n) is 8.20. The van der Waals surface area contributed by atoms with Crippen LogP contribution in [-0.2, 0) is 17.6 Å². The van der Waals surface area contributed by atoms with Crippen molar-refractivity contribution in [1.29, 1.82) is 0 Å². The summed E-state index contributed by atoms with van der Waals surface area (Å²) in [5.74, 6) is 0.466. The molecule has 3 aliphatic carbocycles. The first-order valence-corrected chi connectivity index (χ1v) is 10.00. The number of carbonyl (C=O) groups is 2. The van der Waals surface area contributed by atoms with E-state index in [4.69, 9.17) is 0 Å². The molecule has 0 aliphatic heterocycles. The van der Waals surface area contributed by atoms with E-state index in [-0.39, 0.29) is 17.9 Å². The minimum atomic E-state index is 0.0224. The van der Waals surface area contributed by atoms with Crippen LogP contribution in [0.2, 0.25) is 0 Å². The summed E-state index contributed by atoms with van der Waals surface area (Å²) in [6, 6.07) is 6.89. The molecule has 1 aromatic rings. The molecule has 0 spiro atoms. The molecule has 2 saturated carbocycles. The third-order valence-electron chi connectivity index (χ3n) is 6.22. The Kier molecular flexibility index (Phi) is 4.98. The fourth-order valence-corrected chi connectivity index (χ4v) is 4.14. The van der Waals surface area contributed by atoms with Gasteiger partial charge in [0.05, 0.1) is 6.54 Å². The molecule has 0 unspecified atom stereocenters. The van der Waals surface area contributed by atoms with Gasteiger partial charge in [-0.15, -0.1) is 0 Å². The van der Waals surface area contributed by atoms with Gasteiger partial charge < -0.3 is 10.6 Å². The van der Waals surface area contributed by atoms with Crippen molar-refractivity contribution in [2.24, 2.45) is 5.92 Å². The lowest BCUT2D eigenvalue weighted by atomic mass is 9.79. The molecule has 5 nitrogen and oxygen atoms in total. The maximum Gasteiger partial charge on any atom is 0.251 e. The van der Waals surface area contributed by atoms with Crippen molar-refractivity contribution in [3.05, 3.63) is 34.9 Å². The SMILES string of the molecule is CN(CC(=O)NC[C@@H]1CC[C@@H]1NC(=O)c1ccc2c(c1)CCC2)C1CC1. The monoisotopic (exact) mass is 355 g/mol. The van der Waals surface area contributed by atoms with E-state index in [1.165, 1.54) is 30.4 Å². The summed E-state index contributed by atoms with van der Waals surface area (Å²) in [5.41, 5.74) is 3.49. The van der Waals surface area contributed by atoms with Crippen LogP contribution < -0.4 is 10.6 Å². The van der Waals surface area contributed by atoms with Gasteiger partial charge in [0.1, 0.15) is 0 Å². The molecule has 4 rings (SSSR count). The summed E-state index contributed by atoms with van der Waals surface area (Å²) < 4.78 is 0. The molecule has 0 saturated heterocycles. The topological polar surface area (TPSA) is 61.4 Å².